The molecule has 0 aliphatic rings. The van der Waals surface area contributed by atoms with E-state index in [1.807, 2.05) is 73.1 Å². The van der Waals surface area contributed by atoms with Crippen molar-refractivity contribution >= 4 is 21.8 Å². The summed E-state index contributed by atoms with van der Waals surface area (Å²) in [6.45, 7) is 0. The van der Waals surface area contributed by atoms with Gasteiger partial charge in [0.15, 0.2) is 11.5 Å². The quantitative estimate of drug-likeness (QED) is 0.258. The standard InChI is InChI=1S/C31H24N4O3/c1-36-28-12-18(13-29(37-2)31(28)38-3)21-14-27(23-16-33-25-10-6-4-8-19(23)25)35-30(22(21)15-32)24-17-34-26-11-7-5-9-20(24)26/h4-14,16-17,33-34H,1-3H3. The first-order valence-corrected chi connectivity index (χ1v) is 12.0. The number of hydrogen-bond donors (Lipinski definition) is 2. The Morgan fingerprint density at radius 1 is 0.711 bits per heavy atom. The first-order valence-electron chi connectivity index (χ1n) is 12.0. The Balaban J connectivity index is 1.70. The van der Waals surface area contributed by atoms with Crippen molar-refractivity contribution in [2.45, 2.75) is 0 Å². The number of fused-ring (bicyclic) bond motifs is 2. The van der Waals surface area contributed by atoms with Crippen LogP contribution in [0.15, 0.2) is 79.1 Å². The van der Waals surface area contributed by atoms with Gasteiger partial charge in [-0.05, 0) is 35.9 Å². The van der Waals surface area contributed by atoms with E-state index in [0.29, 0.717) is 34.1 Å². The Kier molecular flexibility index (Phi) is 5.70. The molecule has 0 unspecified atom stereocenters. The van der Waals surface area contributed by atoms with Gasteiger partial charge in [-0.3, -0.25) is 0 Å². The number of nitrogens with one attached hydrogen (secondary N) is 2. The number of hydrogen-bond acceptors (Lipinski definition) is 5. The van der Waals surface area contributed by atoms with E-state index in [-0.39, 0.29) is 0 Å². The monoisotopic (exact) mass is 500 g/mol. The van der Waals surface area contributed by atoms with Gasteiger partial charge in [-0.1, -0.05) is 36.4 Å². The zero-order chi connectivity index (χ0) is 26.2. The number of rotatable bonds is 6. The molecule has 7 heteroatoms. The van der Waals surface area contributed by atoms with Gasteiger partial charge in [0.2, 0.25) is 5.75 Å². The van der Waals surface area contributed by atoms with Gasteiger partial charge >= 0.3 is 0 Å². The van der Waals surface area contributed by atoms with Gasteiger partial charge < -0.3 is 24.2 Å². The molecule has 186 valence electrons. The molecule has 0 saturated heterocycles. The molecule has 38 heavy (non-hydrogen) atoms. The second-order valence-corrected chi connectivity index (χ2v) is 8.80. The van der Waals surface area contributed by atoms with Crippen molar-refractivity contribution < 1.29 is 14.2 Å². The third kappa shape index (κ3) is 3.62. The van der Waals surface area contributed by atoms with Gasteiger partial charge in [0.05, 0.1) is 38.3 Å². The second kappa shape index (κ2) is 9.34. The van der Waals surface area contributed by atoms with E-state index in [1.54, 1.807) is 21.3 Å². The Morgan fingerprint density at radius 3 is 1.87 bits per heavy atom. The zero-order valence-electron chi connectivity index (χ0n) is 21.1. The van der Waals surface area contributed by atoms with Gasteiger partial charge in [0.1, 0.15) is 6.07 Å². The second-order valence-electron chi connectivity index (χ2n) is 8.80. The number of benzene rings is 3. The Bertz CT molecular complexity index is 1830. The number of aromatic nitrogens is 3. The van der Waals surface area contributed by atoms with Gasteiger partial charge in [-0.2, -0.15) is 5.26 Å². The first kappa shape index (κ1) is 23.2. The van der Waals surface area contributed by atoms with Crippen LogP contribution in [0.25, 0.3) is 55.4 Å². The largest absolute Gasteiger partial charge is 0.493 e. The fourth-order valence-corrected chi connectivity index (χ4v) is 5.01. The van der Waals surface area contributed by atoms with Crippen LogP contribution in [0.4, 0.5) is 0 Å². The van der Waals surface area contributed by atoms with E-state index in [4.69, 9.17) is 19.2 Å². The highest BCUT2D eigenvalue weighted by Crippen LogP contribution is 2.44. The zero-order valence-corrected chi connectivity index (χ0v) is 21.1. The molecule has 3 aromatic carbocycles. The van der Waals surface area contributed by atoms with Crippen LogP contribution < -0.4 is 14.2 Å². The lowest BCUT2D eigenvalue weighted by atomic mass is 9.93. The number of nitriles is 1. The molecule has 0 fully saturated rings. The van der Waals surface area contributed by atoms with Crippen molar-refractivity contribution in [2.75, 3.05) is 21.3 Å². The maximum atomic E-state index is 10.5. The van der Waals surface area contributed by atoms with Crippen molar-refractivity contribution in [2.24, 2.45) is 0 Å². The van der Waals surface area contributed by atoms with E-state index in [0.717, 1.165) is 44.2 Å². The first-order chi connectivity index (χ1) is 18.7. The van der Waals surface area contributed by atoms with Gasteiger partial charge in [-0.25, -0.2) is 4.98 Å². The third-order valence-electron chi connectivity index (χ3n) is 6.82. The summed E-state index contributed by atoms with van der Waals surface area (Å²) < 4.78 is 16.8. The van der Waals surface area contributed by atoms with Gasteiger partial charge in [-0.15, -0.1) is 0 Å². The van der Waals surface area contributed by atoms with Crippen LogP contribution in [-0.2, 0) is 0 Å². The summed E-state index contributed by atoms with van der Waals surface area (Å²) >= 11 is 0. The van der Waals surface area contributed by atoms with Crippen molar-refractivity contribution in [3.05, 3.63) is 84.7 Å². The Morgan fingerprint density at radius 2 is 1.29 bits per heavy atom. The molecule has 3 aromatic heterocycles. The average molecular weight is 501 g/mol. The summed E-state index contributed by atoms with van der Waals surface area (Å²) in [7, 11) is 4.72. The summed E-state index contributed by atoms with van der Waals surface area (Å²) in [5.74, 6) is 1.50. The normalized spacial score (nSPS) is 11.0. The fourth-order valence-electron chi connectivity index (χ4n) is 5.01. The van der Waals surface area contributed by atoms with Gasteiger partial charge in [0.25, 0.3) is 0 Å². The summed E-state index contributed by atoms with van der Waals surface area (Å²) in [6.07, 6.45) is 3.86. The lowest BCUT2D eigenvalue weighted by Crippen LogP contribution is -1.99. The van der Waals surface area contributed by atoms with Crippen molar-refractivity contribution in [3.63, 3.8) is 0 Å². The SMILES string of the molecule is COc1cc(-c2cc(-c3c[nH]c4ccccc34)nc(-c3c[nH]c4ccccc34)c2C#N)cc(OC)c1OC. The lowest BCUT2D eigenvalue weighted by molar-refractivity contribution is 0.324. The number of pyridine rings is 1. The minimum absolute atomic E-state index is 0.451. The van der Waals surface area contributed by atoms with Crippen molar-refractivity contribution in [1.29, 1.82) is 5.26 Å². The van der Waals surface area contributed by atoms with E-state index < -0.39 is 0 Å². The lowest BCUT2D eigenvalue weighted by Gasteiger charge is -2.16. The highest BCUT2D eigenvalue weighted by molar-refractivity contribution is 6.00. The number of para-hydroxylation sites is 2. The molecule has 0 saturated carbocycles. The van der Waals surface area contributed by atoms with Crippen LogP contribution in [-0.4, -0.2) is 36.3 Å². The molecular weight excluding hydrogens is 476 g/mol. The topological polar surface area (TPSA) is 96.0 Å². The number of methoxy groups -OCH3 is 3. The fraction of sp³-hybridized carbons (Fsp3) is 0.0968. The summed E-state index contributed by atoms with van der Waals surface area (Å²) in [5.41, 5.74) is 7.03. The van der Waals surface area contributed by atoms with Crippen LogP contribution in [0.1, 0.15) is 5.56 Å². The highest BCUT2D eigenvalue weighted by atomic mass is 16.5. The Hall–Kier alpha value is -5.22. The number of aromatic amines is 2. The molecule has 0 amide bonds. The molecule has 0 bridgehead atoms. The highest BCUT2D eigenvalue weighted by Gasteiger charge is 2.22. The maximum Gasteiger partial charge on any atom is 0.203 e. The number of ether oxygens (including phenoxy) is 3. The molecule has 2 N–H and O–H groups in total. The molecular formula is C31H24N4O3. The number of H-pyrrole nitrogens is 2. The molecule has 7 nitrogen and oxygen atoms in total. The van der Waals surface area contributed by atoms with E-state index in [1.165, 1.54) is 0 Å². The summed E-state index contributed by atoms with van der Waals surface area (Å²) in [4.78, 5) is 11.7. The van der Waals surface area contributed by atoms with Crippen LogP contribution in [0.5, 0.6) is 17.2 Å². The number of nitrogens with zero attached hydrogens (tertiary/aromatic N) is 2. The molecule has 0 aliphatic heterocycles. The molecule has 0 radical (unpaired) electrons. The maximum absolute atomic E-state index is 10.5. The smallest absolute Gasteiger partial charge is 0.203 e. The van der Waals surface area contributed by atoms with Crippen LogP contribution >= 0.6 is 0 Å². The minimum Gasteiger partial charge on any atom is -0.493 e. The Labute approximate surface area is 219 Å². The van der Waals surface area contributed by atoms with E-state index >= 15 is 0 Å². The molecule has 6 rings (SSSR count). The van der Waals surface area contributed by atoms with Gasteiger partial charge in [0, 0.05) is 50.9 Å². The minimum atomic E-state index is 0.451. The van der Waals surface area contributed by atoms with E-state index in [9.17, 15) is 5.26 Å². The average Bonchev–Trinajstić information content (AvgIpc) is 3.60. The molecule has 0 spiro atoms. The summed E-state index contributed by atoms with van der Waals surface area (Å²) in [5, 5.41) is 12.5. The third-order valence-corrected chi connectivity index (χ3v) is 6.82. The molecule has 6 aromatic rings. The molecule has 0 aliphatic carbocycles. The van der Waals surface area contributed by atoms with Crippen LogP contribution in [0.3, 0.4) is 0 Å². The molecule has 0 atom stereocenters. The van der Waals surface area contributed by atoms with Crippen molar-refractivity contribution in [3.8, 4) is 57.0 Å². The summed E-state index contributed by atoms with van der Waals surface area (Å²) in [6, 6.07) is 24.2. The van der Waals surface area contributed by atoms with Crippen LogP contribution in [0.2, 0.25) is 0 Å². The molecule has 3 heterocycles. The van der Waals surface area contributed by atoms with E-state index in [2.05, 4.69) is 22.1 Å². The predicted octanol–water partition coefficient (Wildman–Crippen LogP) is 6.94. The predicted molar refractivity (Wildman–Crippen MR) is 149 cm³/mol. The van der Waals surface area contributed by atoms with Crippen LogP contribution in [0, 0.1) is 11.3 Å². The van der Waals surface area contributed by atoms with Crippen molar-refractivity contribution in [1.82, 2.24) is 15.0 Å².